The van der Waals surface area contributed by atoms with Gasteiger partial charge in [0.25, 0.3) is 0 Å². The first-order chi connectivity index (χ1) is 13.5. The van der Waals surface area contributed by atoms with Crippen LogP contribution in [0.25, 0.3) is 10.9 Å². The predicted molar refractivity (Wildman–Crippen MR) is 105 cm³/mol. The first kappa shape index (κ1) is 21.7. The maximum Gasteiger partial charge on any atom is 0.320 e. The van der Waals surface area contributed by atoms with Crippen molar-refractivity contribution in [1.82, 2.24) is 4.98 Å². The van der Waals surface area contributed by atoms with E-state index in [-0.39, 0.29) is 32.8 Å². The van der Waals surface area contributed by atoms with E-state index < -0.39 is 17.9 Å². The van der Waals surface area contributed by atoms with E-state index in [4.69, 9.17) is 9.47 Å². The minimum atomic E-state index is -1.03. The number of rotatable bonds is 11. The number of aromatic amines is 1. The second-order valence-electron chi connectivity index (χ2n) is 6.24. The molecule has 8 heteroatoms. The van der Waals surface area contributed by atoms with Crippen molar-refractivity contribution in [1.29, 1.82) is 0 Å². The lowest BCUT2D eigenvalue weighted by molar-refractivity contribution is -0.161. The number of hydrogen-bond acceptors (Lipinski definition) is 7. The van der Waals surface area contributed by atoms with Gasteiger partial charge in [0.15, 0.2) is 5.92 Å². The fourth-order valence-corrected chi connectivity index (χ4v) is 3.11. The van der Waals surface area contributed by atoms with Gasteiger partial charge in [-0.25, -0.2) is 0 Å². The molecular formula is C20H28N2O6. The standard InChI is InChI=1S/C20H28N2O6/c1-3-27-19(25)17(20(26)28-4-2)11-14-13-21-18-6-5-15(12-16(14)18)22(7-9-23)8-10-24/h5-6,12-13,17,21,23-24H,3-4,7-11H2,1-2H3. The highest BCUT2D eigenvalue weighted by molar-refractivity contribution is 5.96. The lowest BCUT2D eigenvalue weighted by Gasteiger charge is -2.23. The fourth-order valence-electron chi connectivity index (χ4n) is 3.11. The number of hydrogen-bond donors (Lipinski definition) is 3. The van der Waals surface area contributed by atoms with Gasteiger partial charge < -0.3 is 29.6 Å². The molecule has 3 N–H and O–H groups in total. The van der Waals surface area contributed by atoms with Crippen LogP contribution in [0.3, 0.4) is 0 Å². The van der Waals surface area contributed by atoms with Crippen molar-refractivity contribution in [3.8, 4) is 0 Å². The van der Waals surface area contributed by atoms with Gasteiger partial charge in [-0.05, 0) is 44.0 Å². The van der Waals surface area contributed by atoms with E-state index in [0.717, 1.165) is 22.2 Å². The Bertz CT molecular complexity index is 764. The number of nitrogens with one attached hydrogen (secondary N) is 1. The summed E-state index contributed by atoms with van der Waals surface area (Å²) in [4.78, 5) is 29.6. The fraction of sp³-hybridized carbons (Fsp3) is 0.500. The largest absolute Gasteiger partial charge is 0.465 e. The van der Waals surface area contributed by atoms with Crippen LogP contribution in [0.5, 0.6) is 0 Å². The number of benzene rings is 1. The smallest absolute Gasteiger partial charge is 0.320 e. The number of carbonyl (C=O) groups excluding carboxylic acids is 2. The zero-order valence-electron chi connectivity index (χ0n) is 16.3. The lowest BCUT2D eigenvalue weighted by atomic mass is 9.98. The SMILES string of the molecule is CCOC(=O)C(Cc1c[nH]c2ccc(N(CCO)CCO)cc12)C(=O)OCC. The summed E-state index contributed by atoms with van der Waals surface area (Å²) >= 11 is 0. The summed E-state index contributed by atoms with van der Waals surface area (Å²) in [6, 6.07) is 5.70. The highest BCUT2D eigenvalue weighted by Crippen LogP contribution is 2.27. The van der Waals surface area contributed by atoms with Gasteiger partial charge in [0, 0.05) is 35.9 Å². The number of aliphatic hydroxyl groups is 2. The van der Waals surface area contributed by atoms with Crippen LogP contribution in [-0.4, -0.2) is 66.7 Å². The maximum atomic E-state index is 12.3. The lowest BCUT2D eigenvalue weighted by Crippen LogP contribution is -2.30. The Kier molecular flexibility index (Phi) is 8.28. The average Bonchev–Trinajstić information content (AvgIpc) is 3.08. The first-order valence-corrected chi connectivity index (χ1v) is 9.45. The molecule has 0 radical (unpaired) electrons. The molecule has 0 aliphatic heterocycles. The van der Waals surface area contributed by atoms with Gasteiger partial charge in [-0.3, -0.25) is 9.59 Å². The number of aromatic nitrogens is 1. The van der Waals surface area contributed by atoms with Crippen LogP contribution >= 0.6 is 0 Å². The first-order valence-electron chi connectivity index (χ1n) is 9.45. The third-order valence-electron chi connectivity index (χ3n) is 4.42. The van der Waals surface area contributed by atoms with Crippen molar-refractivity contribution in [2.45, 2.75) is 20.3 Å². The Balaban J connectivity index is 2.35. The van der Waals surface area contributed by atoms with Crippen LogP contribution in [-0.2, 0) is 25.5 Å². The number of carbonyl (C=O) groups is 2. The van der Waals surface area contributed by atoms with Crippen molar-refractivity contribution in [3.63, 3.8) is 0 Å². The third-order valence-corrected chi connectivity index (χ3v) is 4.42. The number of nitrogens with zero attached hydrogens (tertiary/aromatic N) is 1. The molecule has 0 saturated heterocycles. The highest BCUT2D eigenvalue weighted by atomic mass is 16.6. The van der Waals surface area contributed by atoms with Gasteiger partial charge in [0.2, 0.25) is 0 Å². The number of esters is 2. The highest BCUT2D eigenvalue weighted by Gasteiger charge is 2.30. The van der Waals surface area contributed by atoms with Crippen molar-refractivity contribution >= 4 is 28.5 Å². The molecule has 154 valence electrons. The van der Waals surface area contributed by atoms with Gasteiger partial charge in [-0.15, -0.1) is 0 Å². The monoisotopic (exact) mass is 392 g/mol. The van der Waals surface area contributed by atoms with Crippen LogP contribution in [0.15, 0.2) is 24.4 Å². The molecule has 1 aromatic heterocycles. The molecule has 0 aliphatic rings. The van der Waals surface area contributed by atoms with E-state index in [1.54, 1.807) is 20.0 Å². The summed E-state index contributed by atoms with van der Waals surface area (Å²) in [5, 5.41) is 19.4. The molecule has 0 aliphatic carbocycles. The van der Waals surface area contributed by atoms with Crippen LogP contribution in [0, 0.1) is 5.92 Å². The minimum absolute atomic E-state index is 0.0359. The summed E-state index contributed by atoms with van der Waals surface area (Å²) in [5.41, 5.74) is 2.48. The van der Waals surface area contributed by atoms with E-state index >= 15 is 0 Å². The third kappa shape index (κ3) is 5.24. The van der Waals surface area contributed by atoms with Gasteiger partial charge in [-0.2, -0.15) is 0 Å². The number of H-pyrrole nitrogens is 1. The number of fused-ring (bicyclic) bond motifs is 1. The number of ether oxygens (including phenoxy) is 2. The second kappa shape index (κ2) is 10.7. The molecule has 2 aromatic rings. The van der Waals surface area contributed by atoms with Gasteiger partial charge >= 0.3 is 11.9 Å². The Hall–Kier alpha value is -2.58. The van der Waals surface area contributed by atoms with E-state index in [9.17, 15) is 19.8 Å². The minimum Gasteiger partial charge on any atom is -0.465 e. The summed E-state index contributed by atoms with van der Waals surface area (Å²) < 4.78 is 10.1. The zero-order valence-corrected chi connectivity index (χ0v) is 16.3. The summed E-state index contributed by atoms with van der Waals surface area (Å²) in [7, 11) is 0. The van der Waals surface area contributed by atoms with Crippen LogP contribution in [0.4, 0.5) is 5.69 Å². The second-order valence-corrected chi connectivity index (χ2v) is 6.24. The van der Waals surface area contributed by atoms with Crippen LogP contribution in [0.2, 0.25) is 0 Å². The molecule has 1 heterocycles. The zero-order chi connectivity index (χ0) is 20.5. The van der Waals surface area contributed by atoms with E-state index in [0.29, 0.717) is 13.1 Å². The molecule has 0 unspecified atom stereocenters. The Morgan fingerprint density at radius 2 is 1.68 bits per heavy atom. The van der Waals surface area contributed by atoms with E-state index in [1.807, 2.05) is 23.1 Å². The normalized spacial score (nSPS) is 11.0. The molecule has 0 saturated carbocycles. The molecule has 0 bridgehead atoms. The molecule has 0 atom stereocenters. The Morgan fingerprint density at radius 3 is 2.21 bits per heavy atom. The molecule has 0 spiro atoms. The maximum absolute atomic E-state index is 12.3. The summed E-state index contributed by atoms with van der Waals surface area (Å²) in [6.07, 6.45) is 1.92. The average molecular weight is 392 g/mol. The van der Waals surface area contributed by atoms with Gasteiger partial charge in [-0.1, -0.05) is 0 Å². The number of aliphatic hydroxyl groups excluding tert-OH is 2. The molecule has 28 heavy (non-hydrogen) atoms. The van der Waals surface area contributed by atoms with Crippen molar-refractivity contribution in [3.05, 3.63) is 30.0 Å². The van der Waals surface area contributed by atoms with Crippen LogP contribution < -0.4 is 4.90 Å². The van der Waals surface area contributed by atoms with Gasteiger partial charge in [0.1, 0.15) is 0 Å². The van der Waals surface area contributed by atoms with Crippen LogP contribution in [0.1, 0.15) is 19.4 Å². The molecular weight excluding hydrogens is 364 g/mol. The van der Waals surface area contributed by atoms with E-state index in [1.165, 1.54) is 0 Å². The molecule has 2 rings (SSSR count). The molecule has 1 aromatic carbocycles. The molecule has 0 fully saturated rings. The predicted octanol–water partition coefficient (Wildman–Crippen LogP) is 1.24. The number of anilines is 1. The van der Waals surface area contributed by atoms with Crippen molar-refractivity contribution < 1.29 is 29.3 Å². The van der Waals surface area contributed by atoms with Crippen molar-refractivity contribution in [2.75, 3.05) is 44.4 Å². The molecule has 0 amide bonds. The van der Waals surface area contributed by atoms with Crippen molar-refractivity contribution in [2.24, 2.45) is 5.92 Å². The van der Waals surface area contributed by atoms with E-state index in [2.05, 4.69) is 4.98 Å². The summed E-state index contributed by atoms with van der Waals surface area (Å²) in [5.74, 6) is -2.24. The topological polar surface area (TPSA) is 112 Å². The summed E-state index contributed by atoms with van der Waals surface area (Å²) in [6.45, 7) is 4.45. The Morgan fingerprint density at radius 1 is 1.07 bits per heavy atom. The molecule has 8 nitrogen and oxygen atoms in total. The quantitative estimate of drug-likeness (QED) is 0.390. The Labute approximate surface area is 164 Å². The van der Waals surface area contributed by atoms with Gasteiger partial charge in [0.05, 0.1) is 26.4 Å².